The average Bonchev–Trinajstić information content (AvgIpc) is 3.18. The van der Waals surface area contributed by atoms with E-state index in [1.54, 1.807) is 4.68 Å². The van der Waals surface area contributed by atoms with Crippen molar-refractivity contribution in [2.24, 2.45) is 5.92 Å². The maximum Gasteiger partial charge on any atom is 0.341 e. The van der Waals surface area contributed by atoms with Crippen LogP contribution < -0.4 is 15.0 Å². The lowest BCUT2D eigenvalue weighted by atomic mass is 10.1. The van der Waals surface area contributed by atoms with Gasteiger partial charge in [-0.1, -0.05) is 11.2 Å². The van der Waals surface area contributed by atoms with Gasteiger partial charge in [0.1, 0.15) is 24.0 Å². The fourth-order valence-electron chi connectivity index (χ4n) is 4.64. The van der Waals surface area contributed by atoms with Crippen molar-refractivity contribution in [3.63, 3.8) is 0 Å². The Morgan fingerprint density at radius 2 is 1.97 bits per heavy atom. The number of anilines is 1. The van der Waals surface area contributed by atoms with E-state index in [0.717, 1.165) is 44.5 Å². The van der Waals surface area contributed by atoms with Gasteiger partial charge in [0, 0.05) is 24.8 Å². The van der Waals surface area contributed by atoms with Gasteiger partial charge < -0.3 is 29.2 Å². The highest BCUT2D eigenvalue weighted by Gasteiger charge is 2.49. The van der Waals surface area contributed by atoms with E-state index >= 15 is 0 Å². The molecule has 0 spiro atoms. The quantitative estimate of drug-likeness (QED) is 0.693. The van der Waals surface area contributed by atoms with Crippen LogP contribution in [0.2, 0.25) is 0 Å². The SMILES string of the molecule is c1cc(Oc2nnnn2[C@H]2CO[C@H]3[C@@H]2OC[C@@H]3NCC2CC2)cc(N2CCOCC2)c1. The smallest absolute Gasteiger partial charge is 0.341 e. The first-order chi connectivity index (χ1) is 15.3. The molecule has 1 aromatic heterocycles. The number of aromatic nitrogens is 4. The number of ether oxygens (including phenoxy) is 4. The third-order valence-corrected chi connectivity index (χ3v) is 6.57. The summed E-state index contributed by atoms with van der Waals surface area (Å²) in [5.74, 6) is 1.52. The first-order valence-electron chi connectivity index (χ1n) is 11.2. The number of tetrazole rings is 1. The van der Waals surface area contributed by atoms with E-state index in [4.69, 9.17) is 18.9 Å². The number of rotatable bonds is 7. The van der Waals surface area contributed by atoms with Gasteiger partial charge in [0.25, 0.3) is 0 Å². The maximum absolute atomic E-state index is 6.10. The van der Waals surface area contributed by atoms with E-state index in [1.807, 2.05) is 18.2 Å². The zero-order chi connectivity index (χ0) is 20.6. The summed E-state index contributed by atoms with van der Waals surface area (Å²) in [7, 11) is 0. The predicted octanol–water partition coefficient (Wildman–Crippen LogP) is 1.01. The molecule has 4 atom stereocenters. The minimum atomic E-state index is -0.106. The first-order valence-corrected chi connectivity index (χ1v) is 11.2. The Morgan fingerprint density at radius 1 is 1.10 bits per heavy atom. The Labute approximate surface area is 180 Å². The summed E-state index contributed by atoms with van der Waals surface area (Å²) in [5.41, 5.74) is 1.10. The van der Waals surface area contributed by atoms with Crippen molar-refractivity contribution in [2.75, 3.05) is 51.0 Å². The molecule has 1 aromatic carbocycles. The van der Waals surface area contributed by atoms with Crippen molar-refractivity contribution in [3.05, 3.63) is 24.3 Å². The largest absolute Gasteiger partial charge is 0.423 e. The minimum absolute atomic E-state index is 0.0189. The van der Waals surface area contributed by atoms with Crippen molar-refractivity contribution < 1.29 is 18.9 Å². The van der Waals surface area contributed by atoms with E-state index in [2.05, 4.69) is 31.8 Å². The topological polar surface area (TPSA) is 95.8 Å². The Balaban J connectivity index is 1.15. The van der Waals surface area contributed by atoms with Crippen LogP contribution in [-0.4, -0.2) is 84.5 Å². The molecule has 166 valence electrons. The minimum Gasteiger partial charge on any atom is -0.423 e. The molecule has 2 aromatic rings. The molecule has 4 aliphatic rings. The molecular weight excluding hydrogens is 400 g/mol. The Morgan fingerprint density at radius 3 is 2.84 bits per heavy atom. The molecule has 1 saturated carbocycles. The summed E-state index contributed by atoms with van der Waals surface area (Å²) in [6.07, 6.45) is 2.60. The van der Waals surface area contributed by atoms with E-state index in [-0.39, 0.29) is 24.3 Å². The van der Waals surface area contributed by atoms with Crippen LogP contribution in [0.3, 0.4) is 0 Å². The maximum atomic E-state index is 6.10. The van der Waals surface area contributed by atoms with Crippen LogP contribution in [0.5, 0.6) is 11.8 Å². The van der Waals surface area contributed by atoms with Gasteiger partial charge in [0.15, 0.2) is 0 Å². The fourth-order valence-corrected chi connectivity index (χ4v) is 4.64. The van der Waals surface area contributed by atoms with Gasteiger partial charge in [0.2, 0.25) is 0 Å². The lowest BCUT2D eigenvalue weighted by Crippen LogP contribution is -2.41. The van der Waals surface area contributed by atoms with Crippen LogP contribution in [0.1, 0.15) is 18.9 Å². The van der Waals surface area contributed by atoms with E-state index in [1.165, 1.54) is 12.8 Å². The van der Waals surface area contributed by atoms with Crippen LogP contribution in [0.15, 0.2) is 24.3 Å². The first kappa shape index (κ1) is 19.4. The molecule has 10 nitrogen and oxygen atoms in total. The third kappa shape index (κ3) is 4.00. The molecule has 4 heterocycles. The van der Waals surface area contributed by atoms with Crippen molar-refractivity contribution in [3.8, 4) is 11.8 Å². The summed E-state index contributed by atoms with van der Waals surface area (Å²) in [6.45, 7) is 5.43. The number of nitrogens with one attached hydrogen (secondary N) is 1. The summed E-state index contributed by atoms with van der Waals surface area (Å²) in [6, 6.07) is 8.47. The monoisotopic (exact) mass is 428 g/mol. The second kappa shape index (κ2) is 8.34. The van der Waals surface area contributed by atoms with Crippen LogP contribution in [0.4, 0.5) is 5.69 Å². The molecular formula is C21H28N6O4. The van der Waals surface area contributed by atoms with Gasteiger partial charge in [-0.2, -0.15) is 4.68 Å². The summed E-state index contributed by atoms with van der Waals surface area (Å²) < 4.78 is 25.5. The number of benzene rings is 1. The molecule has 3 saturated heterocycles. The Hall–Kier alpha value is -2.27. The highest BCUT2D eigenvalue weighted by molar-refractivity contribution is 5.51. The van der Waals surface area contributed by atoms with Gasteiger partial charge in [-0.3, -0.25) is 0 Å². The standard InChI is InChI=1S/C21H28N6O4/c1-2-15(26-6-8-28-9-7-26)10-16(3-1)31-21-23-24-25-27(21)18-13-30-19-17(12-29-20(18)19)22-11-14-4-5-14/h1-3,10,14,17-20,22H,4-9,11-13H2/t17-,18-,19+,20+/m0/s1. The molecule has 6 rings (SSSR count). The zero-order valence-corrected chi connectivity index (χ0v) is 17.4. The number of morpholine rings is 1. The second-order valence-electron chi connectivity index (χ2n) is 8.73. The molecule has 1 aliphatic carbocycles. The van der Waals surface area contributed by atoms with Crippen molar-refractivity contribution in [1.29, 1.82) is 0 Å². The Bertz CT molecular complexity index is 900. The number of nitrogens with zero attached hydrogens (tertiary/aromatic N) is 5. The van der Waals surface area contributed by atoms with Crippen LogP contribution in [-0.2, 0) is 14.2 Å². The lowest BCUT2D eigenvalue weighted by molar-refractivity contribution is 0.0611. The zero-order valence-electron chi connectivity index (χ0n) is 17.4. The van der Waals surface area contributed by atoms with Crippen molar-refractivity contribution >= 4 is 5.69 Å². The van der Waals surface area contributed by atoms with Gasteiger partial charge in [0.05, 0.1) is 32.5 Å². The van der Waals surface area contributed by atoms with Gasteiger partial charge in [-0.25, -0.2) is 0 Å². The number of fused-ring (bicyclic) bond motifs is 1. The molecule has 0 radical (unpaired) electrons. The van der Waals surface area contributed by atoms with Crippen LogP contribution >= 0.6 is 0 Å². The highest BCUT2D eigenvalue weighted by Crippen LogP contribution is 2.37. The average molecular weight is 428 g/mol. The second-order valence-corrected chi connectivity index (χ2v) is 8.73. The fraction of sp³-hybridized carbons (Fsp3) is 0.667. The third-order valence-electron chi connectivity index (χ3n) is 6.57. The molecule has 10 heteroatoms. The molecule has 0 bridgehead atoms. The molecule has 0 unspecified atom stereocenters. The van der Waals surface area contributed by atoms with Crippen molar-refractivity contribution in [2.45, 2.75) is 37.1 Å². The Kier molecular flexibility index (Phi) is 5.23. The predicted molar refractivity (Wildman–Crippen MR) is 110 cm³/mol. The summed E-state index contributed by atoms with van der Waals surface area (Å²) >= 11 is 0. The molecule has 1 N–H and O–H groups in total. The van der Waals surface area contributed by atoms with Crippen LogP contribution in [0.25, 0.3) is 0 Å². The molecule has 31 heavy (non-hydrogen) atoms. The lowest BCUT2D eigenvalue weighted by Gasteiger charge is -2.29. The van der Waals surface area contributed by atoms with Gasteiger partial charge in [-0.05, 0) is 47.9 Å². The summed E-state index contributed by atoms with van der Waals surface area (Å²) in [5, 5.41) is 15.8. The molecule has 4 fully saturated rings. The van der Waals surface area contributed by atoms with Gasteiger partial charge >= 0.3 is 6.01 Å². The molecule has 3 aliphatic heterocycles. The highest BCUT2D eigenvalue weighted by atomic mass is 16.6. The van der Waals surface area contributed by atoms with Crippen molar-refractivity contribution in [1.82, 2.24) is 25.5 Å². The van der Waals surface area contributed by atoms with E-state index < -0.39 is 0 Å². The number of hydrogen-bond acceptors (Lipinski definition) is 9. The molecule has 0 amide bonds. The summed E-state index contributed by atoms with van der Waals surface area (Å²) in [4.78, 5) is 2.29. The van der Waals surface area contributed by atoms with Gasteiger partial charge in [-0.15, -0.1) is 0 Å². The van der Waals surface area contributed by atoms with E-state index in [0.29, 0.717) is 25.0 Å². The normalized spacial score (nSPS) is 30.5. The van der Waals surface area contributed by atoms with E-state index in [9.17, 15) is 0 Å². The number of hydrogen-bond donors (Lipinski definition) is 1. The van der Waals surface area contributed by atoms with Crippen LogP contribution in [0, 0.1) is 5.92 Å².